The van der Waals surface area contributed by atoms with Gasteiger partial charge < -0.3 is 97.6 Å². The van der Waals surface area contributed by atoms with Gasteiger partial charge in [0.25, 0.3) is 0 Å². The number of fused-ring (bicyclic) bond motifs is 2. The molecule has 0 radical (unpaired) electrons. The number of alkyl carbamates (subject to hydrolysis) is 1. The lowest BCUT2D eigenvalue weighted by Gasteiger charge is -2.44. The molecule has 1 saturated heterocycles. The van der Waals surface area contributed by atoms with Crippen molar-refractivity contribution in [3.05, 3.63) is 99.4 Å². The van der Waals surface area contributed by atoms with Gasteiger partial charge in [0.2, 0.25) is 11.8 Å². The number of hydrogen-bond acceptors (Lipinski definition) is 27. The number of amides is 3. The zero-order valence-electron chi connectivity index (χ0n) is 57.1. The van der Waals surface area contributed by atoms with Crippen LogP contribution in [0.5, 0.6) is 5.75 Å². The number of unbranched alkanes of at least 4 members (excludes halogenated alkanes) is 2. The Morgan fingerprint density at radius 1 is 0.743 bits per heavy atom. The van der Waals surface area contributed by atoms with Crippen LogP contribution in [0.15, 0.2) is 70.1 Å². The molecule has 1 fully saturated rings. The van der Waals surface area contributed by atoms with Crippen molar-refractivity contribution < 1.29 is 113 Å². The summed E-state index contributed by atoms with van der Waals surface area (Å²) in [7, 11) is -4.84. The standard InChI is InChI=1S/C65H93F3N10O22S/c1-63(2,3)100-62(86)71-51(33-45-39-76(74-72-45)17-21-91-25-28-94-29-30-95-31-32-96-47-12-10-43(11-13-47)14-19-97-61-59(84)58(83)57(82)54(41-79)99-61)60(85)69-15-20-90-23-26-93-27-24-92-22-18-77-40-46(73-75-77)38-70-55(80)9-7-6-8-16-78-52-36-53-49(50(65(66,67)68)35-56(81)98-53)34-48(52)44(37-64(78,4)5)42-101(87,88)89/h10-13,34-37,39-40,51,54,57-59,61,79,82-84H,6-9,14-33,38,41-42H2,1-5H3,(H,69,85)(H,70,80)(H,71,86)(H,87,88,89)/p-1/t51-,54+,57+,58-,59+,61+/m0/s1. The summed E-state index contributed by atoms with van der Waals surface area (Å²) in [5, 5.41) is 63.6. The molecule has 101 heavy (non-hydrogen) atoms. The summed E-state index contributed by atoms with van der Waals surface area (Å²) in [4.78, 5) is 52.8. The van der Waals surface area contributed by atoms with Crippen molar-refractivity contribution in [1.29, 1.82) is 0 Å². The van der Waals surface area contributed by atoms with Crippen molar-refractivity contribution in [2.24, 2.45) is 0 Å². The summed E-state index contributed by atoms with van der Waals surface area (Å²) in [6.45, 7) is 13.5. The average molecular weight is 1450 g/mol. The fraction of sp³-hybridized carbons (Fsp3) is 0.631. The van der Waals surface area contributed by atoms with Crippen molar-refractivity contribution in [2.75, 3.05) is 123 Å². The largest absolute Gasteiger partial charge is 0.748 e. The van der Waals surface area contributed by atoms with E-state index in [1.54, 1.807) is 68.5 Å². The predicted molar refractivity (Wildman–Crippen MR) is 352 cm³/mol. The van der Waals surface area contributed by atoms with E-state index in [-0.39, 0.29) is 81.6 Å². The van der Waals surface area contributed by atoms with E-state index in [1.807, 2.05) is 17.0 Å². The fourth-order valence-corrected chi connectivity index (χ4v) is 11.3. The van der Waals surface area contributed by atoms with E-state index in [1.165, 1.54) is 12.1 Å². The molecule has 0 unspecified atom stereocenters. The topological polar surface area (TPSA) is 413 Å². The Hall–Kier alpha value is -7.30. The molecule has 0 saturated carbocycles. The Labute approximate surface area is 581 Å². The first-order chi connectivity index (χ1) is 48.0. The number of halogens is 3. The highest BCUT2D eigenvalue weighted by Crippen LogP contribution is 2.44. The van der Waals surface area contributed by atoms with Crippen LogP contribution in [0.25, 0.3) is 16.5 Å². The quantitative estimate of drug-likeness (QED) is 0.0167. The highest BCUT2D eigenvalue weighted by Gasteiger charge is 2.44. The minimum absolute atomic E-state index is 0.0212. The SMILES string of the molecule is CC(C)(C)OC(=O)N[C@@H](Cc1cn(CCOCCOCCOCCOc2ccc(CCO[C@@H]3O[C@H](CO)[C@@H](O)[C@H](O)[C@H]3O)cc2)nn1)C(=O)NCCOCCOCCOCCn1cc(CNC(=O)CCCCCN2c3cc4oc(=O)cc(C(F)(F)F)c4cc3C(CS(=O)(=O)[O-])=CC2(C)C)nn1. The summed E-state index contributed by atoms with van der Waals surface area (Å²) in [6, 6.07) is 8.99. The van der Waals surface area contributed by atoms with Crippen LogP contribution in [0.3, 0.4) is 0 Å². The number of ether oxygens (including phenoxy) is 10. The second kappa shape index (κ2) is 39.4. The molecule has 0 spiro atoms. The molecule has 562 valence electrons. The second-order valence-electron chi connectivity index (χ2n) is 25.2. The van der Waals surface area contributed by atoms with Crippen LogP contribution < -0.4 is 31.2 Å². The Morgan fingerprint density at radius 2 is 1.35 bits per heavy atom. The fourth-order valence-electron chi connectivity index (χ4n) is 10.7. The van der Waals surface area contributed by atoms with E-state index in [2.05, 4.69) is 36.6 Å². The summed E-state index contributed by atoms with van der Waals surface area (Å²) >= 11 is 0. The molecule has 2 aliphatic heterocycles. The third-order valence-electron chi connectivity index (χ3n) is 15.6. The maximum absolute atomic E-state index is 14.0. The van der Waals surface area contributed by atoms with Gasteiger partial charge in [0.15, 0.2) is 6.29 Å². The van der Waals surface area contributed by atoms with Crippen molar-refractivity contribution in [3.63, 3.8) is 0 Å². The lowest BCUT2D eigenvalue weighted by molar-refractivity contribution is -0.300. The maximum Gasteiger partial charge on any atom is 0.417 e. The van der Waals surface area contributed by atoms with Crippen molar-refractivity contribution >= 4 is 50.3 Å². The van der Waals surface area contributed by atoms with Crippen molar-refractivity contribution in [3.8, 4) is 5.75 Å². The van der Waals surface area contributed by atoms with Gasteiger partial charge in [-0.15, -0.1) is 10.2 Å². The van der Waals surface area contributed by atoms with Gasteiger partial charge in [-0.3, -0.25) is 9.59 Å². The molecule has 3 aromatic heterocycles. The van der Waals surface area contributed by atoms with Gasteiger partial charge in [-0.1, -0.05) is 35.1 Å². The number of hydrogen-bond donors (Lipinski definition) is 7. The Morgan fingerprint density at radius 3 is 1.96 bits per heavy atom. The maximum atomic E-state index is 14.0. The molecule has 36 heteroatoms. The molecule has 0 bridgehead atoms. The second-order valence-corrected chi connectivity index (χ2v) is 26.6. The average Bonchev–Trinajstić information content (AvgIpc) is 0.787. The Balaban J connectivity index is 0.679. The number of nitrogens with zero attached hydrogens (tertiary/aromatic N) is 7. The van der Waals surface area contributed by atoms with E-state index < -0.39 is 105 Å². The summed E-state index contributed by atoms with van der Waals surface area (Å²) in [6.07, 6.45) is -5.18. The number of anilines is 1. The third-order valence-corrected chi connectivity index (χ3v) is 16.3. The van der Waals surface area contributed by atoms with Crippen LogP contribution in [0.4, 0.5) is 23.7 Å². The summed E-state index contributed by atoms with van der Waals surface area (Å²) < 4.78 is 142. The molecule has 2 aliphatic rings. The van der Waals surface area contributed by atoms with Crippen molar-refractivity contribution in [2.45, 2.75) is 147 Å². The molecule has 7 rings (SSSR count). The molecule has 6 atom stereocenters. The van der Waals surface area contributed by atoms with E-state index in [0.717, 1.165) is 11.6 Å². The lowest BCUT2D eigenvalue weighted by atomic mass is 9.87. The Bertz CT molecular complexity index is 3610. The summed E-state index contributed by atoms with van der Waals surface area (Å²) in [5.74, 6) is -1.02. The predicted octanol–water partition coefficient (Wildman–Crippen LogP) is 2.19. The smallest absolute Gasteiger partial charge is 0.417 e. The van der Waals surface area contributed by atoms with E-state index in [0.29, 0.717) is 134 Å². The van der Waals surface area contributed by atoms with Crippen LogP contribution in [0, 0.1) is 0 Å². The van der Waals surface area contributed by atoms with Crippen molar-refractivity contribution in [1.82, 2.24) is 45.9 Å². The Kier molecular flexibility index (Phi) is 31.6. The number of aliphatic hydroxyl groups is 4. The molecule has 32 nitrogen and oxygen atoms in total. The van der Waals surface area contributed by atoms with E-state index in [4.69, 9.17) is 51.8 Å². The lowest BCUT2D eigenvalue weighted by Crippen LogP contribution is -2.59. The molecule has 5 aromatic rings. The highest BCUT2D eigenvalue weighted by atomic mass is 32.2. The number of nitrogens with one attached hydrogen (secondary N) is 3. The van der Waals surface area contributed by atoms with Gasteiger partial charge >= 0.3 is 17.9 Å². The minimum Gasteiger partial charge on any atom is -0.748 e. The van der Waals surface area contributed by atoms with Gasteiger partial charge in [0.05, 0.1) is 151 Å². The number of carbonyl (C=O) groups excluding carboxylic acids is 3. The monoisotopic (exact) mass is 1450 g/mol. The molecule has 0 aliphatic carbocycles. The number of aliphatic hydroxyl groups excluding tert-OH is 4. The normalized spacial score (nSPS) is 18.1. The zero-order valence-corrected chi connectivity index (χ0v) is 58.0. The van der Waals surface area contributed by atoms with Gasteiger partial charge in [-0.05, 0) is 83.2 Å². The third kappa shape index (κ3) is 27.4. The van der Waals surface area contributed by atoms with Crippen LogP contribution in [0.2, 0.25) is 0 Å². The summed E-state index contributed by atoms with van der Waals surface area (Å²) in [5.41, 5.74) is -2.20. The van der Waals surface area contributed by atoms with Crippen LogP contribution in [-0.4, -0.2) is 247 Å². The van der Waals surface area contributed by atoms with Crippen LogP contribution in [0.1, 0.15) is 88.4 Å². The molecular weight excluding hydrogens is 1360 g/mol. The van der Waals surface area contributed by atoms with Gasteiger partial charge in [-0.2, -0.15) is 13.2 Å². The minimum atomic E-state index is -4.92. The number of benzene rings is 2. The first-order valence-corrected chi connectivity index (χ1v) is 34.7. The van der Waals surface area contributed by atoms with Gasteiger partial charge in [0.1, 0.15) is 59.7 Å². The first kappa shape index (κ1) is 81.0. The molecule has 7 N–H and O–H groups in total. The van der Waals surface area contributed by atoms with E-state index in [9.17, 15) is 65.7 Å². The molecule has 3 amide bonds. The van der Waals surface area contributed by atoms with E-state index >= 15 is 0 Å². The number of carbonyl (C=O) groups is 3. The molecular formula is C65H92F3N10O22S-. The first-order valence-electron chi connectivity index (χ1n) is 33.1. The number of rotatable bonds is 44. The molecule has 5 heterocycles. The highest BCUT2D eigenvalue weighted by molar-refractivity contribution is 7.86. The zero-order chi connectivity index (χ0) is 73.2. The number of aromatic nitrogens is 6. The van der Waals surface area contributed by atoms with Gasteiger partial charge in [-0.25, -0.2) is 27.4 Å². The number of alkyl halides is 3. The van der Waals surface area contributed by atoms with Gasteiger partial charge in [0, 0.05) is 60.9 Å². The van der Waals surface area contributed by atoms with Crippen LogP contribution >= 0.6 is 0 Å². The van der Waals surface area contributed by atoms with Crippen LogP contribution in [-0.2, 0) is 101 Å². The molecule has 2 aromatic carbocycles.